The van der Waals surface area contributed by atoms with Gasteiger partial charge in [0.1, 0.15) is 0 Å². The molecule has 1 N–H and O–H groups in total. The van der Waals surface area contributed by atoms with E-state index >= 15 is 0 Å². The van der Waals surface area contributed by atoms with Gasteiger partial charge in [-0.05, 0) is 11.1 Å². The number of benzene rings is 2. The van der Waals surface area contributed by atoms with E-state index in [0.29, 0.717) is 0 Å². The minimum atomic E-state index is 0.850. The van der Waals surface area contributed by atoms with E-state index in [-0.39, 0.29) is 0 Å². The Hall–Kier alpha value is -2.35. The number of aromatic nitrogens is 2. The summed E-state index contributed by atoms with van der Waals surface area (Å²) in [7, 11) is 0. The quantitative estimate of drug-likeness (QED) is 0.752. The van der Waals surface area contributed by atoms with Crippen molar-refractivity contribution in [3.63, 3.8) is 0 Å². The van der Waals surface area contributed by atoms with Crippen molar-refractivity contribution in [1.29, 1.82) is 0 Å². The van der Waals surface area contributed by atoms with E-state index in [1.807, 2.05) is 12.1 Å². The normalized spacial score (nSPS) is 10.5. The van der Waals surface area contributed by atoms with Gasteiger partial charge in [0.2, 0.25) is 0 Å². The van der Waals surface area contributed by atoms with E-state index in [2.05, 4.69) is 64.8 Å². The molecular formula is C17H15N2. The molecule has 0 fully saturated rings. The number of rotatable bonds is 4. The summed E-state index contributed by atoms with van der Waals surface area (Å²) in [4.78, 5) is 7.47. The zero-order chi connectivity index (χ0) is 12.9. The van der Waals surface area contributed by atoms with Crippen molar-refractivity contribution in [2.45, 2.75) is 12.8 Å². The van der Waals surface area contributed by atoms with Crippen LogP contribution in [0.4, 0.5) is 0 Å². The molecule has 0 amide bonds. The van der Waals surface area contributed by atoms with Crippen molar-refractivity contribution in [2.24, 2.45) is 0 Å². The van der Waals surface area contributed by atoms with Gasteiger partial charge in [-0.25, -0.2) is 4.98 Å². The van der Waals surface area contributed by atoms with E-state index in [9.17, 15) is 0 Å². The maximum atomic E-state index is 4.33. The summed E-state index contributed by atoms with van der Waals surface area (Å²) in [6.07, 6.45) is 4.59. The molecule has 93 valence electrons. The standard InChI is InChI=1S/C17H15N2/c1-3-7-14(8-4-1)11-16-17(19-13-18-16)12-15-9-5-2-6-10-15/h1-10H,11-12H2,(H,18,19). The molecular weight excluding hydrogens is 232 g/mol. The van der Waals surface area contributed by atoms with Crippen molar-refractivity contribution < 1.29 is 0 Å². The van der Waals surface area contributed by atoms with Gasteiger partial charge in [-0.3, -0.25) is 0 Å². The van der Waals surface area contributed by atoms with Crippen LogP contribution in [0, 0.1) is 6.33 Å². The van der Waals surface area contributed by atoms with E-state index in [4.69, 9.17) is 0 Å². The Balaban J connectivity index is 1.79. The van der Waals surface area contributed by atoms with Crippen molar-refractivity contribution in [2.75, 3.05) is 0 Å². The van der Waals surface area contributed by atoms with Gasteiger partial charge in [0.25, 0.3) is 0 Å². The predicted molar refractivity (Wildman–Crippen MR) is 75.9 cm³/mol. The molecule has 0 saturated carbocycles. The van der Waals surface area contributed by atoms with E-state index < -0.39 is 0 Å². The predicted octanol–water partition coefficient (Wildman–Crippen LogP) is 3.39. The SMILES string of the molecule is [c]1nc(Cc2ccccc2)c(Cc2ccccc2)[nH]1. The summed E-state index contributed by atoms with van der Waals surface area (Å²) in [5.74, 6) is 0. The highest BCUT2D eigenvalue weighted by Crippen LogP contribution is 2.14. The Labute approximate surface area is 113 Å². The first kappa shape index (κ1) is 11.7. The molecule has 2 nitrogen and oxygen atoms in total. The second-order valence-corrected chi connectivity index (χ2v) is 4.60. The van der Waals surface area contributed by atoms with Crippen LogP contribution in [0.5, 0.6) is 0 Å². The fourth-order valence-corrected chi connectivity index (χ4v) is 2.18. The molecule has 0 atom stereocenters. The summed E-state index contributed by atoms with van der Waals surface area (Å²) in [6, 6.07) is 20.8. The fraction of sp³-hybridized carbons (Fsp3) is 0.118. The summed E-state index contributed by atoms with van der Waals surface area (Å²) < 4.78 is 0. The number of nitrogens with zero attached hydrogens (tertiary/aromatic N) is 1. The van der Waals surface area contributed by atoms with Crippen LogP contribution in [-0.2, 0) is 12.8 Å². The summed E-state index contributed by atoms with van der Waals surface area (Å²) in [6.45, 7) is 0. The molecule has 0 aliphatic rings. The van der Waals surface area contributed by atoms with Crippen LogP contribution in [0.15, 0.2) is 60.7 Å². The first-order chi connectivity index (χ1) is 9.42. The van der Waals surface area contributed by atoms with Gasteiger partial charge in [0.05, 0.1) is 5.69 Å². The van der Waals surface area contributed by atoms with Crippen molar-refractivity contribution in [3.05, 3.63) is 89.5 Å². The molecule has 0 aliphatic carbocycles. The number of H-pyrrole nitrogens is 1. The lowest BCUT2D eigenvalue weighted by Gasteiger charge is -2.03. The first-order valence-electron chi connectivity index (χ1n) is 6.43. The third-order valence-corrected chi connectivity index (χ3v) is 3.18. The number of imidazole rings is 1. The van der Waals surface area contributed by atoms with Crippen LogP contribution >= 0.6 is 0 Å². The molecule has 3 aromatic rings. The Morgan fingerprint density at radius 1 is 0.789 bits per heavy atom. The Bertz CT molecular complexity index is 571. The molecule has 0 unspecified atom stereocenters. The molecule has 2 heteroatoms. The van der Waals surface area contributed by atoms with Crippen LogP contribution in [0.1, 0.15) is 22.5 Å². The third-order valence-electron chi connectivity index (χ3n) is 3.18. The molecule has 1 aromatic heterocycles. The van der Waals surface area contributed by atoms with Gasteiger partial charge >= 0.3 is 0 Å². The van der Waals surface area contributed by atoms with Gasteiger partial charge in [0.15, 0.2) is 6.33 Å². The monoisotopic (exact) mass is 247 g/mol. The van der Waals surface area contributed by atoms with Gasteiger partial charge in [-0.2, -0.15) is 0 Å². The molecule has 1 heterocycles. The van der Waals surface area contributed by atoms with Crippen LogP contribution < -0.4 is 0 Å². The largest absolute Gasteiger partial charge is 0.339 e. The lowest BCUT2D eigenvalue weighted by molar-refractivity contribution is 1.03. The van der Waals surface area contributed by atoms with Crippen LogP contribution in [0.25, 0.3) is 0 Å². The minimum Gasteiger partial charge on any atom is -0.339 e. The topological polar surface area (TPSA) is 28.7 Å². The minimum absolute atomic E-state index is 0.850. The Morgan fingerprint density at radius 2 is 1.37 bits per heavy atom. The number of hydrogen-bond donors (Lipinski definition) is 1. The number of aromatic amines is 1. The van der Waals surface area contributed by atoms with E-state index in [0.717, 1.165) is 24.2 Å². The average Bonchev–Trinajstić information content (AvgIpc) is 2.88. The average molecular weight is 247 g/mol. The van der Waals surface area contributed by atoms with Crippen LogP contribution in [0.3, 0.4) is 0 Å². The van der Waals surface area contributed by atoms with Crippen molar-refractivity contribution in [1.82, 2.24) is 9.97 Å². The van der Waals surface area contributed by atoms with Crippen LogP contribution in [-0.4, -0.2) is 9.97 Å². The molecule has 0 bridgehead atoms. The lowest BCUT2D eigenvalue weighted by atomic mass is 10.0. The first-order valence-corrected chi connectivity index (χ1v) is 6.43. The maximum absolute atomic E-state index is 4.33. The zero-order valence-electron chi connectivity index (χ0n) is 10.6. The van der Waals surface area contributed by atoms with E-state index in [1.54, 1.807) is 0 Å². The highest BCUT2D eigenvalue weighted by atomic mass is 14.9. The zero-order valence-corrected chi connectivity index (χ0v) is 10.6. The molecule has 0 saturated heterocycles. The third kappa shape index (κ3) is 2.91. The molecule has 3 rings (SSSR count). The lowest BCUT2D eigenvalue weighted by Crippen LogP contribution is -1.96. The second kappa shape index (κ2) is 5.53. The highest BCUT2D eigenvalue weighted by molar-refractivity contribution is 5.28. The fourth-order valence-electron chi connectivity index (χ4n) is 2.18. The van der Waals surface area contributed by atoms with Gasteiger partial charge < -0.3 is 4.98 Å². The molecule has 1 radical (unpaired) electrons. The molecule has 0 aliphatic heterocycles. The Kier molecular flexibility index (Phi) is 3.41. The molecule has 2 aromatic carbocycles. The summed E-state index contributed by atoms with van der Waals surface area (Å²) in [5.41, 5.74) is 4.79. The van der Waals surface area contributed by atoms with Gasteiger partial charge in [0, 0.05) is 18.5 Å². The van der Waals surface area contributed by atoms with E-state index in [1.165, 1.54) is 11.1 Å². The second-order valence-electron chi connectivity index (χ2n) is 4.60. The van der Waals surface area contributed by atoms with Crippen LogP contribution in [0.2, 0.25) is 0 Å². The van der Waals surface area contributed by atoms with Crippen molar-refractivity contribution >= 4 is 0 Å². The molecule has 19 heavy (non-hydrogen) atoms. The highest BCUT2D eigenvalue weighted by Gasteiger charge is 2.07. The maximum Gasteiger partial charge on any atom is 0.174 e. The molecule has 0 spiro atoms. The van der Waals surface area contributed by atoms with Gasteiger partial charge in [-0.15, -0.1) is 0 Å². The number of hydrogen-bond acceptors (Lipinski definition) is 1. The smallest absolute Gasteiger partial charge is 0.174 e. The summed E-state index contributed by atoms with van der Waals surface area (Å²) >= 11 is 0. The Morgan fingerprint density at radius 3 is 2.00 bits per heavy atom. The van der Waals surface area contributed by atoms with Crippen molar-refractivity contribution in [3.8, 4) is 0 Å². The number of nitrogens with one attached hydrogen (secondary N) is 1. The summed E-state index contributed by atoms with van der Waals surface area (Å²) in [5, 5.41) is 0. The van der Waals surface area contributed by atoms with Gasteiger partial charge in [-0.1, -0.05) is 60.7 Å².